The van der Waals surface area contributed by atoms with Gasteiger partial charge in [0.05, 0.1) is 11.5 Å². The monoisotopic (exact) mass is 441 g/mol. The first-order valence-corrected chi connectivity index (χ1v) is 11.0. The van der Waals surface area contributed by atoms with Gasteiger partial charge in [-0.1, -0.05) is 0 Å². The van der Waals surface area contributed by atoms with Crippen LogP contribution in [0.4, 0.5) is 22.9 Å². The first kappa shape index (κ1) is 22.0. The van der Waals surface area contributed by atoms with Gasteiger partial charge in [0.25, 0.3) is 10.0 Å². The smallest absolute Gasteiger partial charge is 0.261 e. The topological polar surface area (TPSA) is 122 Å². The van der Waals surface area contributed by atoms with E-state index in [2.05, 4.69) is 25.3 Å². The van der Waals surface area contributed by atoms with Crippen molar-refractivity contribution >= 4 is 38.8 Å². The number of amides is 1. The largest absolute Gasteiger partial charge is 0.478 e. The zero-order valence-corrected chi connectivity index (χ0v) is 18.2. The fourth-order valence-electron chi connectivity index (χ4n) is 2.73. The Morgan fingerprint density at radius 3 is 2.19 bits per heavy atom. The first-order chi connectivity index (χ1) is 14.7. The molecule has 0 aliphatic rings. The average Bonchev–Trinajstić information content (AvgIpc) is 2.69. The molecule has 0 spiro atoms. The van der Waals surface area contributed by atoms with Crippen molar-refractivity contribution in [2.45, 2.75) is 25.7 Å². The van der Waals surface area contributed by atoms with Crippen LogP contribution in [0.25, 0.3) is 0 Å². The molecule has 0 aliphatic heterocycles. The molecule has 0 radical (unpaired) electrons. The van der Waals surface area contributed by atoms with Gasteiger partial charge < -0.3 is 15.4 Å². The Hall–Kier alpha value is -3.66. The van der Waals surface area contributed by atoms with Crippen LogP contribution in [0.2, 0.25) is 0 Å². The molecule has 1 amide bonds. The maximum Gasteiger partial charge on any atom is 0.261 e. The number of carbonyl (C=O) groups is 1. The predicted octanol–water partition coefficient (Wildman–Crippen LogP) is 3.69. The van der Waals surface area contributed by atoms with Crippen molar-refractivity contribution in [2.75, 3.05) is 22.0 Å². The van der Waals surface area contributed by atoms with Crippen molar-refractivity contribution in [3.8, 4) is 5.88 Å². The molecule has 0 saturated carbocycles. The molecule has 10 heteroatoms. The van der Waals surface area contributed by atoms with Gasteiger partial charge in [-0.2, -0.15) is 4.98 Å². The van der Waals surface area contributed by atoms with E-state index in [1.165, 1.54) is 31.2 Å². The number of aromatic nitrogens is 2. The number of hydrogen-bond acceptors (Lipinski definition) is 7. The maximum atomic E-state index is 12.6. The Kier molecular flexibility index (Phi) is 6.71. The standard InChI is InChI=1S/C21H23N5O4S/c1-4-30-21-13-20(22-14(2)23-21)25-17-5-7-18(8-6-17)26-31(28,29)19-11-9-16(10-12-19)24-15(3)27/h5-13,26H,4H2,1-3H3,(H,24,27)(H,22,23,25). The number of rotatable bonds is 8. The highest BCUT2D eigenvalue weighted by Gasteiger charge is 2.14. The zero-order valence-electron chi connectivity index (χ0n) is 17.3. The first-order valence-electron chi connectivity index (χ1n) is 9.51. The minimum Gasteiger partial charge on any atom is -0.478 e. The second-order valence-electron chi connectivity index (χ2n) is 6.59. The summed E-state index contributed by atoms with van der Waals surface area (Å²) in [4.78, 5) is 19.7. The fourth-order valence-corrected chi connectivity index (χ4v) is 3.79. The molecule has 0 unspecified atom stereocenters. The van der Waals surface area contributed by atoms with Crippen LogP contribution in [-0.2, 0) is 14.8 Å². The SMILES string of the molecule is CCOc1cc(Nc2ccc(NS(=O)(=O)c3ccc(NC(C)=O)cc3)cc2)nc(C)n1. The number of nitrogens with zero attached hydrogens (tertiary/aromatic N) is 2. The van der Waals surface area contributed by atoms with Crippen LogP contribution in [0.1, 0.15) is 19.7 Å². The van der Waals surface area contributed by atoms with E-state index in [1.807, 2.05) is 6.92 Å². The van der Waals surface area contributed by atoms with Gasteiger partial charge in [-0.15, -0.1) is 0 Å². The third-order valence-corrected chi connectivity index (χ3v) is 5.40. The highest BCUT2D eigenvalue weighted by molar-refractivity contribution is 7.92. The molecule has 3 rings (SSSR count). The van der Waals surface area contributed by atoms with Gasteiger partial charge in [0.1, 0.15) is 11.6 Å². The average molecular weight is 442 g/mol. The van der Waals surface area contributed by atoms with E-state index in [0.29, 0.717) is 35.5 Å². The minimum absolute atomic E-state index is 0.0868. The van der Waals surface area contributed by atoms with Crippen molar-refractivity contribution in [3.63, 3.8) is 0 Å². The molecule has 1 heterocycles. The number of nitrogens with one attached hydrogen (secondary N) is 3. The fraction of sp³-hybridized carbons (Fsp3) is 0.190. The Morgan fingerprint density at radius 2 is 1.58 bits per heavy atom. The molecule has 2 aromatic carbocycles. The lowest BCUT2D eigenvalue weighted by Crippen LogP contribution is -2.13. The molecule has 3 N–H and O–H groups in total. The van der Waals surface area contributed by atoms with Gasteiger partial charge in [0, 0.05) is 30.1 Å². The van der Waals surface area contributed by atoms with E-state index in [0.717, 1.165) is 5.69 Å². The third-order valence-electron chi connectivity index (χ3n) is 4.00. The molecule has 0 saturated heterocycles. The van der Waals surface area contributed by atoms with Gasteiger partial charge in [-0.3, -0.25) is 9.52 Å². The van der Waals surface area contributed by atoms with Crippen LogP contribution in [-0.4, -0.2) is 30.9 Å². The molecular weight excluding hydrogens is 418 g/mol. The van der Waals surface area contributed by atoms with E-state index in [-0.39, 0.29) is 10.8 Å². The van der Waals surface area contributed by atoms with Crippen LogP contribution in [0.5, 0.6) is 5.88 Å². The number of anilines is 4. The second-order valence-corrected chi connectivity index (χ2v) is 8.27. The van der Waals surface area contributed by atoms with Crippen LogP contribution in [0.3, 0.4) is 0 Å². The third kappa shape index (κ3) is 6.16. The van der Waals surface area contributed by atoms with Crippen LogP contribution < -0.4 is 20.1 Å². The van der Waals surface area contributed by atoms with Gasteiger partial charge in [-0.05, 0) is 62.4 Å². The van der Waals surface area contributed by atoms with Crippen LogP contribution in [0, 0.1) is 6.92 Å². The maximum absolute atomic E-state index is 12.6. The Balaban J connectivity index is 1.69. The van der Waals surface area contributed by atoms with Crippen LogP contribution >= 0.6 is 0 Å². The summed E-state index contributed by atoms with van der Waals surface area (Å²) in [6.07, 6.45) is 0. The van der Waals surface area contributed by atoms with Crippen LogP contribution in [0.15, 0.2) is 59.5 Å². The molecule has 3 aromatic rings. The summed E-state index contributed by atoms with van der Waals surface area (Å²) < 4.78 is 33.2. The van der Waals surface area contributed by atoms with E-state index in [1.54, 1.807) is 37.3 Å². The minimum atomic E-state index is -3.77. The molecule has 162 valence electrons. The molecular formula is C21H23N5O4S. The predicted molar refractivity (Wildman–Crippen MR) is 119 cm³/mol. The summed E-state index contributed by atoms with van der Waals surface area (Å²) in [5, 5.41) is 5.74. The second kappa shape index (κ2) is 9.43. The van der Waals surface area contributed by atoms with Gasteiger partial charge in [0.15, 0.2) is 0 Å². The molecule has 9 nitrogen and oxygen atoms in total. The van der Waals surface area contributed by atoms with E-state index in [4.69, 9.17) is 4.74 Å². The molecule has 0 bridgehead atoms. The number of ether oxygens (including phenoxy) is 1. The van der Waals surface area contributed by atoms with Crippen molar-refractivity contribution in [1.29, 1.82) is 0 Å². The lowest BCUT2D eigenvalue weighted by molar-refractivity contribution is -0.114. The number of carbonyl (C=O) groups excluding carboxylic acids is 1. The lowest BCUT2D eigenvalue weighted by Gasteiger charge is -2.11. The van der Waals surface area contributed by atoms with E-state index in [9.17, 15) is 13.2 Å². The van der Waals surface area contributed by atoms with Gasteiger partial charge >= 0.3 is 0 Å². The summed E-state index contributed by atoms with van der Waals surface area (Å²) in [6.45, 7) is 5.53. The quantitative estimate of drug-likeness (QED) is 0.487. The van der Waals surface area contributed by atoms with E-state index >= 15 is 0 Å². The number of hydrogen-bond donors (Lipinski definition) is 3. The number of benzene rings is 2. The summed E-state index contributed by atoms with van der Waals surface area (Å²) in [5.41, 5.74) is 1.66. The summed E-state index contributed by atoms with van der Waals surface area (Å²) in [7, 11) is -3.77. The van der Waals surface area contributed by atoms with Crippen molar-refractivity contribution in [2.24, 2.45) is 0 Å². The van der Waals surface area contributed by atoms with Gasteiger partial charge in [-0.25, -0.2) is 13.4 Å². The highest BCUT2D eigenvalue weighted by atomic mass is 32.2. The zero-order chi connectivity index (χ0) is 22.4. The van der Waals surface area contributed by atoms with Crippen molar-refractivity contribution in [1.82, 2.24) is 9.97 Å². The number of aryl methyl sites for hydroxylation is 1. The Labute approximate surface area is 180 Å². The summed E-state index contributed by atoms with van der Waals surface area (Å²) >= 11 is 0. The lowest BCUT2D eigenvalue weighted by atomic mass is 10.3. The van der Waals surface area contributed by atoms with Crippen molar-refractivity contribution in [3.05, 3.63) is 60.4 Å². The Bertz CT molecular complexity index is 1160. The number of sulfonamides is 1. The molecule has 31 heavy (non-hydrogen) atoms. The molecule has 1 aromatic heterocycles. The Morgan fingerprint density at radius 1 is 0.968 bits per heavy atom. The molecule has 0 aliphatic carbocycles. The van der Waals surface area contributed by atoms with E-state index < -0.39 is 10.0 Å². The summed E-state index contributed by atoms with van der Waals surface area (Å²) in [6, 6.07) is 14.4. The summed E-state index contributed by atoms with van der Waals surface area (Å²) in [5.74, 6) is 1.39. The molecule has 0 fully saturated rings. The van der Waals surface area contributed by atoms with Gasteiger partial charge in [0.2, 0.25) is 11.8 Å². The highest BCUT2D eigenvalue weighted by Crippen LogP contribution is 2.22. The normalized spacial score (nSPS) is 10.9. The molecule has 0 atom stereocenters. The van der Waals surface area contributed by atoms with Crippen molar-refractivity contribution < 1.29 is 17.9 Å².